The van der Waals surface area contributed by atoms with Gasteiger partial charge in [0.1, 0.15) is 24.0 Å². The van der Waals surface area contributed by atoms with Gasteiger partial charge in [0.15, 0.2) is 0 Å². The number of benzene rings is 1. The largest absolute Gasteiger partial charge is 0.423 e. The lowest BCUT2D eigenvalue weighted by molar-refractivity contribution is 0.0615. The minimum Gasteiger partial charge on any atom is -0.423 e. The van der Waals surface area contributed by atoms with E-state index in [1.165, 1.54) is 4.68 Å². The van der Waals surface area contributed by atoms with Crippen LogP contribution in [0.4, 0.5) is 0 Å². The number of aromatic nitrogens is 4. The van der Waals surface area contributed by atoms with Gasteiger partial charge in [0.05, 0.1) is 25.5 Å². The van der Waals surface area contributed by atoms with Crippen LogP contribution in [0.25, 0.3) is 0 Å². The number of hydrogen-bond donors (Lipinski definition) is 1. The maximum absolute atomic E-state index is 11.5. The molecule has 0 amide bonds. The van der Waals surface area contributed by atoms with Gasteiger partial charge in [-0.05, 0) is 22.6 Å². The van der Waals surface area contributed by atoms with Crippen molar-refractivity contribution in [3.05, 3.63) is 30.3 Å². The molecule has 1 aromatic carbocycles. The van der Waals surface area contributed by atoms with E-state index in [1.807, 2.05) is 18.2 Å². The van der Waals surface area contributed by atoms with Gasteiger partial charge >= 0.3 is 6.01 Å². The molecule has 2 saturated heterocycles. The molecule has 1 aromatic heterocycles. The molecular formula is C14H17N5O5S. The normalized spacial score (nSPS) is 28.8. The molecule has 1 N–H and O–H groups in total. The van der Waals surface area contributed by atoms with Crippen molar-refractivity contribution >= 4 is 10.0 Å². The fourth-order valence-corrected chi connectivity index (χ4v) is 3.87. The fourth-order valence-electron chi connectivity index (χ4n) is 3.12. The second kappa shape index (κ2) is 6.33. The number of para-hydroxylation sites is 1. The average molecular weight is 367 g/mol. The molecule has 0 aliphatic carbocycles. The lowest BCUT2D eigenvalue weighted by Gasteiger charge is -2.17. The summed E-state index contributed by atoms with van der Waals surface area (Å²) in [5.41, 5.74) is 0. The highest BCUT2D eigenvalue weighted by molar-refractivity contribution is 7.88. The van der Waals surface area contributed by atoms with Crippen molar-refractivity contribution in [3.8, 4) is 11.8 Å². The Hall–Kier alpha value is -2.08. The summed E-state index contributed by atoms with van der Waals surface area (Å²) in [4.78, 5) is 0. The van der Waals surface area contributed by atoms with Crippen molar-refractivity contribution in [2.24, 2.45) is 0 Å². The van der Waals surface area contributed by atoms with Gasteiger partial charge in [0.25, 0.3) is 0 Å². The van der Waals surface area contributed by atoms with Crippen LogP contribution in [-0.4, -0.2) is 66.3 Å². The smallest absolute Gasteiger partial charge is 0.341 e. The Morgan fingerprint density at radius 1 is 1.20 bits per heavy atom. The van der Waals surface area contributed by atoms with E-state index in [9.17, 15) is 8.42 Å². The Morgan fingerprint density at radius 3 is 2.72 bits per heavy atom. The monoisotopic (exact) mass is 367 g/mol. The number of hydrogen-bond acceptors (Lipinski definition) is 8. The second-order valence-corrected chi connectivity index (χ2v) is 7.76. The second-order valence-electron chi connectivity index (χ2n) is 5.98. The molecule has 4 unspecified atom stereocenters. The molecule has 10 nitrogen and oxygen atoms in total. The number of ether oxygens (including phenoxy) is 3. The maximum Gasteiger partial charge on any atom is 0.341 e. The topological polar surface area (TPSA) is 117 Å². The van der Waals surface area contributed by atoms with E-state index in [-0.39, 0.29) is 24.8 Å². The van der Waals surface area contributed by atoms with Crippen LogP contribution in [0.5, 0.6) is 11.8 Å². The van der Waals surface area contributed by atoms with Gasteiger partial charge in [-0.2, -0.15) is 4.68 Å². The number of nitrogens with one attached hydrogen (secondary N) is 1. The van der Waals surface area contributed by atoms with Crippen LogP contribution in [0.15, 0.2) is 30.3 Å². The van der Waals surface area contributed by atoms with Crippen LogP contribution in [0.1, 0.15) is 6.04 Å². The Morgan fingerprint density at radius 2 is 1.96 bits per heavy atom. The van der Waals surface area contributed by atoms with E-state index in [0.717, 1.165) is 6.26 Å². The predicted molar refractivity (Wildman–Crippen MR) is 84.6 cm³/mol. The van der Waals surface area contributed by atoms with Crippen LogP contribution < -0.4 is 9.46 Å². The molecule has 0 radical (unpaired) electrons. The van der Waals surface area contributed by atoms with E-state index < -0.39 is 22.2 Å². The van der Waals surface area contributed by atoms with Crippen LogP contribution in [-0.2, 0) is 19.5 Å². The van der Waals surface area contributed by atoms with Gasteiger partial charge in [-0.25, -0.2) is 13.1 Å². The molecule has 4 atom stereocenters. The Bertz CT molecular complexity index is 842. The van der Waals surface area contributed by atoms with Gasteiger partial charge in [-0.15, -0.1) is 0 Å². The van der Waals surface area contributed by atoms with Crippen molar-refractivity contribution in [2.75, 3.05) is 19.5 Å². The standard InChI is InChI=1S/C14H17N5O5S/c1-25(20,21)16-10-7-22-13-11(8-23-12(10)13)19-14(15-17-18-19)24-9-5-3-2-4-6-9/h2-6,10-13,16H,7-8H2,1H3. The third-order valence-corrected chi connectivity index (χ3v) is 4.85. The molecule has 0 bridgehead atoms. The summed E-state index contributed by atoms with van der Waals surface area (Å²) in [5.74, 6) is 0.609. The van der Waals surface area contributed by atoms with Crippen LogP contribution >= 0.6 is 0 Å². The zero-order chi connectivity index (χ0) is 17.4. The third kappa shape index (κ3) is 3.35. The minimum atomic E-state index is -3.35. The molecule has 0 spiro atoms. The van der Waals surface area contributed by atoms with Crippen molar-refractivity contribution < 1.29 is 22.6 Å². The molecule has 134 valence electrons. The summed E-state index contributed by atoms with van der Waals surface area (Å²) >= 11 is 0. The number of tetrazole rings is 1. The van der Waals surface area contributed by atoms with Crippen LogP contribution in [0.2, 0.25) is 0 Å². The first-order valence-electron chi connectivity index (χ1n) is 7.72. The molecule has 2 aliphatic rings. The third-order valence-electron chi connectivity index (χ3n) is 4.12. The molecule has 3 heterocycles. The maximum atomic E-state index is 11.5. The van der Waals surface area contributed by atoms with E-state index in [1.54, 1.807) is 12.1 Å². The van der Waals surface area contributed by atoms with E-state index in [2.05, 4.69) is 20.2 Å². The van der Waals surface area contributed by atoms with Crippen LogP contribution in [0.3, 0.4) is 0 Å². The van der Waals surface area contributed by atoms with E-state index in [0.29, 0.717) is 12.4 Å². The van der Waals surface area contributed by atoms with Gasteiger partial charge in [0.2, 0.25) is 10.0 Å². The summed E-state index contributed by atoms with van der Waals surface area (Å²) in [7, 11) is -3.35. The van der Waals surface area contributed by atoms with Crippen molar-refractivity contribution in [1.82, 2.24) is 24.9 Å². The zero-order valence-electron chi connectivity index (χ0n) is 13.3. The number of rotatable bonds is 5. The van der Waals surface area contributed by atoms with Gasteiger partial charge in [-0.1, -0.05) is 23.3 Å². The highest BCUT2D eigenvalue weighted by atomic mass is 32.2. The van der Waals surface area contributed by atoms with Gasteiger partial charge < -0.3 is 14.2 Å². The molecule has 11 heteroatoms. The highest BCUT2D eigenvalue weighted by Crippen LogP contribution is 2.36. The van der Waals surface area contributed by atoms with Gasteiger partial charge in [0, 0.05) is 0 Å². The number of fused-ring (bicyclic) bond motifs is 1. The quantitative estimate of drug-likeness (QED) is 0.767. The van der Waals surface area contributed by atoms with Crippen LogP contribution in [0, 0.1) is 0 Å². The number of sulfonamides is 1. The summed E-state index contributed by atoms with van der Waals surface area (Å²) in [6, 6.07) is 8.66. The van der Waals surface area contributed by atoms with Crippen molar-refractivity contribution in [2.45, 2.75) is 24.3 Å². The Kier molecular flexibility index (Phi) is 4.15. The molecule has 4 rings (SSSR count). The summed E-state index contributed by atoms with van der Waals surface area (Å²) < 4.78 is 44.2. The first-order chi connectivity index (χ1) is 12.0. The molecular weight excluding hydrogens is 350 g/mol. The molecule has 2 fully saturated rings. The molecule has 2 aromatic rings. The summed E-state index contributed by atoms with van der Waals surface area (Å²) in [6.07, 6.45) is 0.356. The van der Waals surface area contributed by atoms with Gasteiger partial charge in [-0.3, -0.25) is 0 Å². The Balaban J connectivity index is 1.52. The van der Waals surface area contributed by atoms with Crippen molar-refractivity contribution in [3.63, 3.8) is 0 Å². The summed E-state index contributed by atoms with van der Waals surface area (Å²) in [5, 5.41) is 11.6. The lowest BCUT2D eigenvalue weighted by Crippen LogP contribution is -2.43. The highest BCUT2D eigenvalue weighted by Gasteiger charge is 2.50. The first kappa shape index (κ1) is 16.4. The molecule has 0 saturated carbocycles. The molecule has 2 aliphatic heterocycles. The molecule has 25 heavy (non-hydrogen) atoms. The number of nitrogens with zero attached hydrogens (tertiary/aromatic N) is 4. The average Bonchev–Trinajstić information content (AvgIpc) is 3.25. The Labute approximate surface area is 144 Å². The van der Waals surface area contributed by atoms with E-state index >= 15 is 0 Å². The van der Waals surface area contributed by atoms with Crippen molar-refractivity contribution in [1.29, 1.82) is 0 Å². The lowest BCUT2D eigenvalue weighted by atomic mass is 10.1. The predicted octanol–water partition coefficient (Wildman–Crippen LogP) is -0.278. The first-order valence-corrected chi connectivity index (χ1v) is 9.62. The minimum absolute atomic E-state index is 0.226. The zero-order valence-corrected chi connectivity index (χ0v) is 14.2. The SMILES string of the molecule is CS(=O)(=O)NC1COC2C1OCC2n1nnnc1Oc1ccccc1. The van der Waals surface area contributed by atoms with E-state index in [4.69, 9.17) is 14.2 Å². The summed E-state index contributed by atoms with van der Waals surface area (Å²) in [6.45, 7) is 0.531. The fraction of sp³-hybridized carbons (Fsp3) is 0.500.